The molecule has 0 amide bonds. The van der Waals surface area contributed by atoms with Gasteiger partial charge in [0.2, 0.25) is 5.12 Å². The van der Waals surface area contributed by atoms with Crippen molar-refractivity contribution in [1.82, 2.24) is 0 Å². The minimum Gasteiger partial charge on any atom is -0.396 e. The molecular weight excluding hydrogens is 188 g/mol. The van der Waals surface area contributed by atoms with Gasteiger partial charge in [0, 0.05) is 12.2 Å². The van der Waals surface area contributed by atoms with E-state index < -0.39 is 5.12 Å². The molecule has 0 saturated carbocycles. The fourth-order valence-corrected chi connectivity index (χ4v) is 1.61. The molecular formula is C9H20O3S. The Labute approximate surface area is 84.5 Å². The third-order valence-corrected chi connectivity index (χ3v) is 2.94. The third-order valence-electron chi connectivity index (χ3n) is 1.69. The van der Waals surface area contributed by atoms with Crippen LogP contribution in [0.2, 0.25) is 0 Å². The maximum absolute atomic E-state index is 9.81. The Kier molecular flexibility index (Phi) is 7.75. The molecule has 0 aromatic heterocycles. The molecule has 0 saturated heterocycles. The molecule has 0 rings (SSSR count). The molecule has 0 aliphatic rings. The first-order valence-electron chi connectivity index (χ1n) is 4.79. The summed E-state index contributed by atoms with van der Waals surface area (Å²) in [5.41, 5.74) is 0. The number of aliphatic hydroxyl groups is 2. The molecule has 0 aromatic rings. The fraction of sp³-hybridized carbons (Fsp3) is 1.00. The quantitative estimate of drug-likeness (QED) is 0.470. The van der Waals surface area contributed by atoms with Gasteiger partial charge in [-0.15, -0.1) is 0 Å². The summed E-state index contributed by atoms with van der Waals surface area (Å²) in [5, 5.41) is 17.3. The summed E-state index contributed by atoms with van der Waals surface area (Å²) in [5.74, 6) is 0.510. The van der Waals surface area contributed by atoms with Crippen LogP contribution >= 0.6 is 11.8 Å². The zero-order chi connectivity index (χ0) is 10.2. The van der Waals surface area contributed by atoms with Crippen molar-refractivity contribution in [3.05, 3.63) is 0 Å². The molecule has 0 radical (unpaired) electrons. The monoisotopic (exact) mass is 208 g/mol. The van der Waals surface area contributed by atoms with Crippen LogP contribution in [-0.2, 0) is 4.74 Å². The molecule has 3 nitrogen and oxygen atoms in total. The Hall–Kier alpha value is 0.230. The van der Waals surface area contributed by atoms with Gasteiger partial charge in [-0.2, -0.15) is 0 Å². The molecule has 0 bridgehead atoms. The van der Waals surface area contributed by atoms with E-state index in [-0.39, 0.29) is 6.61 Å². The number of unbranched alkanes of at least 4 members (excludes halogenated alkanes) is 1. The van der Waals surface area contributed by atoms with Gasteiger partial charge in [-0.1, -0.05) is 32.0 Å². The van der Waals surface area contributed by atoms with Crippen LogP contribution in [0.25, 0.3) is 0 Å². The zero-order valence-corrected chi connectivity index (χ0v) is 9.27. The summed E-state index contributed by atoms with van der Waals surface area (Å²) in [6.45, 7) is 4.61. The lowest BCUT2D eigenvalue weighted by atomic mass is 10.3. The molecule has 0 aromatic carbocycles. The largest absolute Gasteiger partial charge is 0.396 e. The lowest BCUT2D eigenvalue weighted by molar-refractivity contribution is -0.132. The summed E-state index contributed by atoms with van der Waals surface area (Å²) in [6, 6.07) is 0. The van der Waals surface area contributed by atoms with Gasteiger partial charge in [-0.05, 0) is 6.42 Å². The number of thioether (sulfide) groups is 1. The standard InChI is InChI=1S/C9H20O3S/c1-3-5-7-12-9(11,4-2)13-8-6-10/h10-11H,3-8H2,1-2H3. The molecule has 80 valence electrons. The first kappa shape index (κ1) is 13.2. The van der Waals surface area contributed by atoms with E-state index in [1.54, 1.807) is 0 Å². The van der Waals surface area contributed by atoms with Crippen molar-refractivity contribution in [3.63, 3.8) is 0 Å². The summed E-state index contributed by atoms with van der Waals surface area (Å²) in [6.07, 6.45) is 2.56. The van der Waals surface area contributed by atoms with Crippen molar-refractivity contribution in [2.24, 2.45) is 0 Å². The van der Waals surface area contributed by atoms with Gasteiger partial charge in [0.05, 0.1) is 13.2 Å². The molecule has 13 heavy (non-hydrogen) atoms. The van der Waals surface area contributed by atoms with Crippen LogP contribution in [-0.4, -0.2) is 34.3 Å². The van der Waals surface area contributed by atoms with Gasteiger partial charge in [0.1, 0.15) is 0 Å². The second-order valence-electron chi connectivity index (χ2n) is 2.84. The van der Waals surface area contributed by atoms with E-state index in [0.717, 1.165) is 12.8 Å². The first-order valence-corrected chi connectivity index (χ1v) is 5.78. The van der Waals surface area contributed by atoms with Gasteiger partial charge in [0.25, 0.3) is 0 Å². The van der Waals surface area contributed by atoms with Crippen molar-refractivity contribution in [1.29, 1.82) is 0 Å². The van der Waals surface area contributed by atoms with Crippen LogP contribution < -0.4 is 0 Å². The Morgan fingerprint density at radius 1 is 1.38 bits per heavy atom. The van der Waals surface area contributed by atoms with Crippen LogP contribution in [0.4, 0.5) is 0 Å². The van der Waals surface area contributed by atoms with Crippen LogP contribution in [0.1, 0.15) is 33.1 Å². The van der Waals surface area contributed by atoms with Gasteiger partial charge < -0.3 is 14.9 Å². The average Bonchev–Trinajstić information content (AvgIpc) is 2.15. The van der Waals surface area contributed by atoms with Crippen molar-refractivity contribution < 1.29 is 14.9 Å². The van der Waals surface area contributed by atoms with E-state index in [0.29, 0.717) is 18.8 Å². The molecule has 1 atom stereocenters. The maximum atomic E-state index is 9.81. The van der Waals surface area contributed by atoms with Crippen molar-refractivity contribution in [2.45, 2.75) is 38.2 Å². The maximum Gasteiger partial charge on any atom is 0.215 e. The van der Waals surface area contributed by atoms with Crippen molar-refractivity contribution in [3.8, 4) is 0 Å². The van der Waals surface area contributed by atoms with E-state index in [1.165, 1.54) is 11.8 Å². The van der Waals surface area contributed by atoms with Gasteiger partial charge in [0.15, 0.2) is 0 Å². The second kappa shape index (κ2) is 7.62. The summed E-state index contributed by atoms with van der Waals surface area (Å²) < 4.78 is 5.33. The highest BCUT2D eigenvalue weighted by Crippen LogP contribution is 2.27. The Balaban J connectivity index is 3.67. The van der Waals surface area contributed by atoms with Crippen LogP contribution in [0, 0.1) is 0 Å². The van der Waals surface area contributed by atoms with E-state index >= 15 is 0 Å². The molecule has 1 unspecified atom stereocenters. The number of hydrogen-bond acceptors (Lipinski definition) is 4. The first-order chi connectivity index (χ1) is 6.18. The highest BCUT2D eigenvalue weighted by atomic mass is 32.2. The molecule has 0 aliphatic heterocycles. The second-order valence-corrected chi connectivity index (χ2v) is 4.18. The van der Waals surface area contributed by atoms with Crippen LogP contribution in [0.15, 0.2) is 0 Å². The summed E-state index contributed by atoms with van der Waals surface area (Å²) >= 11 is 1.26. The minimum absolute atomic E-state index is 0.0735. The Morgan fingerprint density at radius 2 is 2.08 bits per heavy atom. The molecule has 4 heteroatoms. The van der Waals surface area contributed by atoms with E-state index in [2.05, 4.69) is 6.92 Å². The zero-order valence-electron chi connectivity index (χ0n) is 8.45. The number of hydrogen-bond donors (Lipinski definition) is 2. The predicted octanol–water partition coefficient (Wildman–Crippen LogP) is 1.58. The van der Waals surface area contributed by atoms with Gasteiger partial charge in [-0.3, -0.25) is 0 Å². The van der Waals surface area contributed by atoms with Crippen LogP contribution in [0.5, 0.6) is 0 Å². The number of aliphatic hydroxyl groups excluding tert-OH is 1. The lowest BCUT2D eigenvalue weighted by Gasteiger charge is -2.25. The lowest BCUT2D eigenvalue weighted by Crippen LogP contribution is -2.28. The molecule has 0 aliphatic carbocycles. The molecule has 0 heterocycles. The van der Waals surface area contributed by atoms with Gasteiger partial charge >= 0.3 is 0 Å². The number of rotatable bonds is 8. The minimum atomic E-state index is -1.10. The molecule has 0 spiro atoms. The predicted molar refractivity (Wildman–Crippen MR) is 55.6 cm³/mol. The Bertz CT molecular complexity index is 121. The third kappa shape index (κ3) is 6.32. The normalized spacial score (nSPS) is 15.7. The Morgan fingerprint density at radius 3 is 2.54 bits per heavy atom. The van der Waals surface area contributed by atoms with E-state index in [4.69, 9.17) is 9.84 Å². The smallest absolute Gasteiger partial charge is 0.215 e. The highest BCUT2D eigenvalue weighted by Gasteiger charge is 2.25. The van der Waals surface area contributed by atoms with Gasteiger partial charge in [-0.25, -0.2) is 0 Å². The average molecular weight is 208 g/mol. The summed E-state index contributed by atoms with van der Waals surface area (Å²) in [4.78, 5) is 0. The highest BCUT2D eigenvalue weighted by molar-refractivity contribution is 8.00. The van der Waals surface area contributed by atoms with Crippen molar-refractivity contribution >= 4 is 11.8 Å². The summed E-state index contributed by atoms with van der Waals surface area (Å²) in [7, 11) is 0. The SMILES string of the molecule is CCCCOC(O)(CC)SCCO. The van der Waals surface area contributed by atoms with E-state index in [9.17, 15) is 5.11 Å². The van der Waals surface area contributed by atoms with Crippen LogP contribution in [0.3, 0.4) is 0 Å². The topological polar surface area (TPSA) is 49.7 Å². The van der Waals surface area contributed by atoms with Crippen molar-refractivity contribution in [2.75, 3.05) is 19.0 Å². The molecule has 0 fully saturated rings. The number of ether oxygens (including phenoxy) is 1. The van der Waals surface area contributed by atoms with E-state index in [1.807, 2.05) is 6.92 Å². The molecule has 2 N–H and O–H groups in total. The fourth-order valence-electron chi connectivity index (χ4n) is 0.827.